The molecule has 0 spiro atoms. The number of nitrogens with one attached hydrogen (secondary N) is 2. The van der Waals surface area contributed by atoms with Gasteiger partial charge in [0.15, 0.2) is 0 Å². The van der Waals surface area contributed by atoms with Gasteiger partial charge in [0.05, 0.1) is 0 Å². The number of urea groups is 1. The fourth-order valence-corrected chi connectivity index (χ4v) is 1.52. The van der Waals surface area contributed by atoms with E-state index < -0.39 is 0 Å². The predicted octanol–water partition coefficient (Wildman–Crippen LogP) is 2.28. The number of amides is 2. The van der Waals surface area contributed by atoms with Gasteiger partial charge in [0.25, 0.3) is 0 Å². The van der Waals surface area contributed by atoms with E-state index in [2.05, 4.69) is 24.5 Å². The van der Waals surface area contributed by atoms with Crippen molar-refractivity contribution in [3.8, 4) is 5.75 Å². The van der Waals surface area contributed by atoms with Crippen LogP contribution in [0.5, 0.6) is 5.75 Å². The first-order valence-electron chi connectivity index (χ1n) is 6.37. The second-order valence-electron chi connectivity index (χ2n) is 4.80. The molecule has 1 rings (SSSR count). The highest BCUT2D eigenvalue weighted by molar-refractivity contribution is 5.73. The van der Waals surface area contributed by atoms with E-state index >= 15 is 0 Å². The third-order valence-corrected chi connectivity index (χ3v) is 2.53. The smallest absolute Gasteiger partial charge is 0.314 e. The largest absolute Gasteiger partial charge is 0.508 e. The van der Waals surface area contributed by atoms with E-state index in [1.54, 1.807) is 12.1 Å². The first-order valence-corrected chi connectivity index (χ1v) is 6.37. The molecule has 1 aromatic rings. The normalized spacial score (nSPS) is 10.4. The number of carbonyl (C=O) groups excluding carboxylic acids is 1. The summed E-state index contributed by atoms with van der Waals surface area (Å²) >= 11 is 0. The van der Waals surface area contributed by atoms with Crippen molar-refractivity contribution in [1.82, 2.24) is 10.6 Å². The summed E-state index contributed by atoms with van der Waals surface area (Å²) < 4.78 is 0. The maximum absolute atomic E-state index is 11.3. The number of benzene rings is 1. The Morgan fingerprint density at radius 2 is 1.89 bits per heavy atom. The molecule has 4 nitrogen and oxygen atoms in total. The summed E-state index contributed by atoms with van der Waals surface area (Å²) in [7, 11) is 0. The zero-order valence-corrected chi connectivity index (χ0v) is 11.1. The monoisotopic (exact) mass is 250 g/mol. The molecular weight excluding hydrogens is 228 g/mol. The standard InChI is InChI=1S/C14H22N2O2/c1-11(2)10-16-14(18)15-9-3-4-12-5-7-13(17)8-6-12/h5-8,11,17H,3-4,9-10H2,1-2H3,(H2,15,16,18). The van der Waals surface area contributed by atoms with Gasteiger partial charge in [-0.05, 0) is 36.5 Å². The molecule has 0 saturated carbocycles. The summed E-state index contributed by atoms with van der Waals surface area (Å²) in [5.74, 6) is 0.748. The van der Waals surface area contributed by atoms with Gasteiger partial charge in [-0.25, -0.2) is 4.79 Å². The van der Waals surface area contributed by atoms with Crippen LogP contribution in [0.25, 0.3) is 0 Å². The maximum atomic E-state index is 11.3. The van der Waals surface area contributed by atoms with Crippen molar-refractivity contribution in [3.05, 3.63) is 29.8 Å². The minimum absolute atomic E-state index is 0.102. The van der Waals surface area contributed by atoms with Crippen LogP contribution in [0.15, 0.2) is 24.3 Å². The van der Waals surface area contributed by atoms with Crippen molar-refractivity contribution in [2.45, 2.75) is 26.7 Å². The molecule has 0 aliphatic heterocycles. The fourth-order valence-electron chi connectivity index (χ4n) is 1.52. The van der Waals surface area contributed by atoms with Gasteiger partial charge in [-0.3, -0.25) is 0 Å². The fraction of sp³-hybridized carbons (Fsp3) is 0.500. The van der Waals surface area contributed by atoms with Gasteiger partial charge in [0.2, 0.25) is 0 Å². The van der Waals surface area contributed by atoms with Gasteiger partial charge >= 0.3 is 6.03 Å². The van der Waals surface area contributed by atoms with Crippen LogP contribution in [0.3, 0.4) is 0 Å². The van der Waals surface area contributed by atoms with E-state index in [0.29, 0.717) is 19.0 Å². The van der Waals surface area contributed by atoms with Crippen LogP contribution in [-0.2, 0) is 6.42 Å². The van der Waals surface area contributed by atoms with E-state index in [1.807, 2.05) is 12.1 Å². The van der Waals surface area contributed by atoms with Gasteiger partial charge in [-0.2, -0.15) is 0 Å². The average Bonchev–Trinajstić information content (AvgIpc) is 2.34. The summed E-state index contributed by atoms with van der Waals surface area (Å²) in [5, 5.41) is 14.8. The number of hydrogen-bond acceptors (Lipinski definition) is 2. The van der Waals surface area contributed by atoms with Crippen molar-refractivity contribution in [2.24, 2.45) is 5.92 Å². The Bertz CT molecular complexity index is 361. The quantitative estimate of drug-likeness (QED) is 0.678. The highest BCUT2D eigenvalue weighted by Gasteiger charge is 2.00. The van der Waals surface area contributed by atoms with Gasteiger partial charge in [0.1, 0.15) is 5.75 Å². The van der Waals surface area contributed by atoms with Gasteiger partial charge in [-0.15, -0.1) is 0 Å². The number of phenols is 1. The molecule has 0 fully saturated rings. The van der Waals surface area contributed by atoms with E-state index in [4.69, 9.17) is 5.11 Å². The second-order valence-corrected chi connectivity index (χ2v) is 4.80. The molecule has 0 aliphatic carbocycles. The summed E-state index contributed by atoms with van der Waals surface area (Å²) in [6.07, 6.45) is 1.78. The number of hydrogen-bond donors (Lipinski definition) is 3. The van der Waals surface area contributed by atoms with Gasteiger partial charge < -0.3 is 15.7 Å². The van der Waals surface area contributed by atoms with Gasteiger partial charge in [0, 0.05) is 13.1 Å². The highest BCUT2D eigenvalue weighted by Crippen LogP contribution is 2.10. The first-order chi connectivity index (χ1) is 8.58. The van der Waals surface area contributed by atoms with Crippen LogP contribution in [0.1, 0.15) is 25.8 Å². The van der Waals surface area contributed by atoms with E-state index in [9.17, 15) is 4.79 Å². The molecule has 0 atom stereocenters. The lowest BCUT2D eigenvalue weighted by Gasteiger charge is -2.09. The molecule has 0 unspecified atom stereocenters. The molecule has 4 heteroatoms. The summed E-state index contributed by atoms with van der Waals surface area (Å²) in [4.78, 5) is 11.3. The molecule has 100 valence electrons. The lowest BCUT2D eigenvalue weighted by Crippen LogP contribution is -2.37. The van der Waals surface area contributed by atoms with E-state index in [0.717, 1.165) is 18.4 Å². The average molecular weight is 250 g/mol. The Labute approximate surface area is 108 Å². The Balaban J connectivity index is 2.11. The second kappa shape index (κ2) is 7.58. The topological polar surface area (TPSA) is 61.4 Å². The van der Waals surface area contributed by atoms with Crippen molar-refractivity contribution in [1.29, 1.82) is 0 Å². The van der Waals surface area contributed by atoms with Crippen LogP contribution in [0, 0.1) is 5.92 Å². The SMILES string of the molecule is CC(C)CNC(=O)NCCCc1ccc(O)cc1. The van der Waals surface area contributed by atoms with E-state index in [1.165, 1.54) is 0 Å². The van der Waals surface area contributed by atoms with Crippen molar-refractivity contribution < 1.29 is 9.90 Å². The number of aromatic hydroxyl groups is 1. The van der Waals surface area contributed by atoms with Crippen molar-refractivity contribution in [2.75, 3.05) is 13.1 Å². The third-order valence-electron chi connectivity index (χ3n) is 2.53. The predicted molar refractivity (Wildman–Crippen MR) is 72.7 cm³/mol. The molecule has 0 saturated heterocycles. The first kappa shape index (κ1) is 14.4. The number of aryl methyl sites for hydroxylation is 1. The summed E-state index contributed by atoms with van der Waals surface area (Å²) in [6.45, 7) is 5.48. The number of phenolic OH excluding ortho intramolecular Hbond substituents is 1. The highest BCUT2D eigenvalue weighted by atomic mass is 16.3. The Morgan fingerprint density at radius 1 is 1.22 bits per heavy atom. The molecule has 2 amide bonds. The minimum Gasteiger partial charge on any atom is -0.508 e. The molecule has 1 aromatic carbocycles. The van der Waals surface area contributed by atoms with Crippen LogP contribution < -0.4 is 10.6 Å². The molecular formula is C14H22N2O2. The van der Waals surface area contributed by atoms with Crippen LogP contribution >= 0.6 is 0 Å². The zero-order chi connectivity index (χ0) is 13.4. The number of rotatable bonds is 6. The van der Waals surface area contributed by atoms with Gasteiger partial charge in [-0.1, -0.05) is 26.0 Å². The van der Waals surface area contributed by atoms with Crippen LogP contribution in [0.4, 0.5) is 4.79 Å². The molecule has 0 heterocycles. The Hall–Kier alpha value is -1.71. The van der Waals surface area contributed by atoms with Crippen molar-refractivity contribution >= 4 is 6.03 Å². The minimum atomic E-state index is -0.102. The maximum Gasteiger partial charge on any atom is 0.314 e. The zero-order valence-electron chi connectivity index (χ0n) is 11.1. The molecule has 0 radical (unpaired) electrons. The number of carbonyl (C=O) groups is 1. The lowest BCUT2D eigenvalue weighted by molar-refractivity contribution is 0.239. The molecule has 0 aromatic heterocycles. The van der Waals surface area contributed by atoms with Crippen LogP contribution in [-0.4, -0.2) is 24.2 Å². The van der Waals surface area contributed by atoms with Crippen molar-refractivity contribution in [3.63, 3.8) is 0 Å². The Morgan fingerprint density at radius 3 is 2.50 bits per heavy atom. The molecule has 0 aliphatic rings. The molecule has 18 heavy (non-hydrogen) atoms. The lowest BCUT2D eigenvalue weighted by atomic mass is 10.1. The summed E-state index contributed by atoms with van der Waals surface area (Å²) in [5.41, 5.74) is 1.16. The summed E-state index contributed by atoms with van der Waals surface area (Å²) in [6, 6.07) is 7.05. The third kappa shape index (κ3) is 6.13. The van der Waals surface area contributed by atoms with E-state index in [-0.39, 0.29) is 11.8 Å². The molecule has 0 bridgehead atoms. The molecule has 3 N–H and O–H groups in total. The van der Waals surface area contributed by atoms with Crippen LogP contribution in [0.2, 0.25) is 0 Å². The Kier molecular flexibility index (Phi) is 6.05.